The molecule has 1 fully saturated rings. The third kappa shape index (κ3) is 5.29. The number of hydrogen-bond donors (Lipinski definition) is 0. The fourth-order valence-corrected chi connectivity index (χ4v) is 3.42. The number of ketones is 1. The van der Waals surface area contributed by atoms with Crippen molar-refractivity contribution in [2.24, 2.45) is 0 Å². The summed E-state index contributed by atoms with van der Waals surface area (Å²) in [7, 11) is 0. The third-order valence-corrected chi connectivity index (χ3v) is 4.79. The van der Waals surface area contributed by atoms with E-state index in [4.69, 9.17) is 0 Å². The highest BCUT2D eigenvalue weighted by Crippen LogP contribution is 2.12. The fraction of sp³-hybridized carbons (Fsp3) is 0.588. The van der Waals surface area contributed by atoms with Crippen molar-refractivity contribution in [2.75, 3.05) is 31.1 Å². The van der Waals surface area contributed by atoms with E-state index in [1.165, 1.54) is 44.3 Å². The van der Waals surface area contributed by atoms with Crippen molar-refractivity contribution in [3.05, 3.63) is 35.4 Å². The van der Waals surface area contributed by atoms with E-state index in [2.05, 4.69) is 4.90 Å². The summed E-state index contributed by atoms with van der Waals surface area (Å²) in [4.78, 5) is 14.6. The van der Waals surface area contributed by atoms with E-state index in [1.54, 1.807) is 11.8 Å². The van der Waals surface area contributed by atoms with E-state index in [-0.39, 0.29) is 5.78 Å². The van der Waals surface area contributed by atoms with Gasteiger partial charge in [0.15, 0.2) is 5.78 Å². The Kier molecular flexibility index (Phi) is 6.61. The van der Waals surface area contributed by atoms with Crippen LogP contribution in [-0.2, 0) is 0 Å². The number of hydrogen-bond acceptors (Lipinski definition) is 3. The molecule has 0 amide bonds. The second-order valence-electron chi connectivity index (χ2n) is 5.60. The SMILES string of the molecule is Cc1ccc(C(=O)CSCCN2CCCCCC2)cc1. The molecular formula is C17H25NOS. The smallest absolute Gasteiger partial charge is 0.172 e. The second kappa shape index (κ2) is 8.48. The van der Waals surface area contributed by atoms with Crippen molar-refractivity contribution in [3.63, 3.8) is 0 Å². The van der Waals surface area contributed by atoms with Gasteiger partial charge < -0.3 is 4.90 Å². The average molecular weight is 291 g/mol. The minimum absolute atomic E-state index is 0.255. The molecule has 0 bridgehead atoms. The Morgan fingerprint density at radius 3 is 2.40 bits per heavy atom. The van der Waals surface area contributed by atoms with Gasteiger partial charge in [-0.2, -0.15) is 11.8 Å². The Hall–Kier alpha value is -0.800. The molecule has 2 nitrogen and oxygen atoms in total. The molecule has 0 radical (unpaired) electrons. The summed E-state index contributed by atoms with van der Waals surface area (Å²) >= 11 is 1.77. The zero-order valence-electron chi connectivity index (χ0n) is 12.4. The van der Waals surface area contributed by atoms with Gasteiger partial charge >= 0.3 is 0 Å². The number of aryl methyl sites for hydroxylation is 1. The van der Waals surface area contributed by atoms with Crippen LogP contribution in [0.15, 0.2) is 24.3 Å². The van der Waals surface area contributed by atoms with Gasteiger partial charge in [-0.25, -0.2) is 0 Å². The molecule has 1 saturated heterocycles. The van der Waals surface area contributed by atoms with Gasteiger partial charge in [-0.1, -0.05) is 42.7 Å². The van der Waals surface area contributed by atoms with E-state index in [0.29, 0.717) is 5.75 Å². The lowest BCUT2D eigenvalue weighted by Gasteiger charge is -2.19. The first-order chi connectivity index (χ1) is 9.75. The fourth-order valence-electron chi connectivity index (χ4n) is 2.54. The van der Waals surface area contributed by atoms with Crippen molar-refractivity contribution in [1.29, 1.82) is 0 Å². The van der Waals surface area contributed by atoms with Gasteiger partial charge in [0.2, 0.25) is 0 Å². The molecule has 0 saturated carbocycles. The van der Waals surface area contributed by atoms with Crippen molar-refractivity contribution < 1.29 is 4.79 Å². The number of rotatable bonds is 6. The number of likely N-dealkylation sites (tertiary alicyclic amines) is 1. The lowest BCUT2D eigenvalue weighted by atomic mass is 10.1. The van der Waals surface area contributed by atoms with Crippen LogP contribution in [0.5, 0.6) is 0 Å². The monoisotopic (exact) mass is 291 g/mol. The minimum atomic E-state index is 0.255. The van der Waals surface area contributed by atoms with Crippen LogP contribution in [0.2, 0.25) is 0 Å². The largest absolute Gasteiger partial charge is 0.303 e. The first-order valence-electron chi connectivity index (χ1n) is 7.66. The molecular weight excluding hydrogens is 266 g/mol. The molecule has 0 N–H and O–H groups in total. The maximum Gasteiger partial charge on any atom is 0.172 e. The molecule has 1 aromatic rings. The molecule has 0 unspecified atom stereocenters. The molecule has 0 atom stereocenters. The van der Waals surface area contributed by atoms with Crippen LogP contribution in [0.25, 0.3) is 0 Å². The number of benzene rings is 1. The van der Waals surface area contributed by atoms with Gasteiger partial charge in [0.25, 0.3) is 0 Å². The predicted molar refractivity (Wildman–Crippen MR) is 87.7 cm³/mol. The summed E-state index contributed by atoms with van der Waals surface area (Å²) in [5, 5.41) is 0. The quantitative estimate of drug-likeness (QED) is 0.587. The van der Waals surface area contributed by atoms with Gasteiger partial charge in [0.05, 0.1) is 5.75 Å². The molecule has 1 aliphatic heterocycles. The van der Waals surface area contributed by atoms with Crippen LogP contribution < -0.4 is 0 Å². The summed E-state index contributed by atoms with van der Waals surface area (Å²) in [6.45, 7) is 5.66. The highest BCUT2D eigenvalue weighted by Gasteiger charge is 2.09. The highest BCUT2D eigenvalue weighted by molar-refractivity contribution is 8.00. The Labute approximate surface area is 126 Å². The van der Waals surface area contributed by atoms with E-state index >= 15 is 0 Å². The number of thioether (sulfide) groups is 1. The van der Waals surface area contributed by atoms with Crippen LogP contribution in [-0.4, -0.2) is 41.8 Å². The van der Waals surface area contributed by atoms with Gasteiger partial charge in [-0.15, -0.1) is 0 Å². The Balaban J connectivity index is 1.65. The summed E-state index contributed by atoms with van der Waals surface area (Å²) < 4.78 is 0. The normalized spacial score (nSPS) is 16.9. The van der Waals surface area contributed by atoms with Crippen molar-refractivity contribution in [2.45, 2.75) is 32.6 Å². The van der Waals surface area contributed by atoms with E-state index in [0.717, 1.165) is 17.9 Å². The second-order valence-corrected chi connectivity index (χ2v) is 6.70. The summed E-state index contributed by atoms with van der Waals surface area (Å²) in [6, 6.07) is 7.89. The Bertz CT molecular complexity index is 408. The topological polar surface area (TPSA) is 20.3 Å². The van der Waals surface area contributed by atoms with Gasteiger partial charge in [-0.05, 0) is 32.9 Å². The summed E-state index contributed by atoms with van der Waals surface area (Å²) in [6.07, 6.45) is 5.45. The predicted octanol–water partition coefficient (Wildman–Crippen LogP) is 3.79. The third-order valence-electron chi connectivity index (χ3n) is 3.86. The summed E-state index contributed by atoms with van der Waals surface area (Å²) in [5.74, 6) is 1.93. The van der Waals surface area contributed by atoms with Crippen LogP contribution in [0.4, 0.5) is 0 Å². The highest BCUT2D eigenvalue weighted by atomic mass is 32.2. The van der Waals surface area contributed by atoms with E-state index < -0.39 is 0 Å². The minimum Gasteiger partial charge on any atom is -0.303 e. The van der Waals surface area contributed by atoms with Crippen LogP contribution in [0, 0.1) is 6.92 Å². The maximum absolute atomic E-state index is 12.0. The zero-order valence-corrected chi connectivity index (χ0v) is 13.3. The molecule has 110 valence electrons. The Morgan fingerprint density at radius 2 is 1.75 bits per heavy atom. The van der Waals surface area contributed by atoms with Crippen molar-refractivity contribution in [3.8, 4) is 0 Å². The molecule has 1 aromatic carbocycles. The van der Waals surface area contributed by atoms with Crippen molar-refractivity contribution in [1.82, 2.24) is 4.90 Å². The van der Waals surface area contributed by atoms with Gasteiger partial charge in [0, 0.05) is 17.9 Å². The zero-order chi connectivity index (χ0) is 14.2. The summed E-state index contributed by atoms with van der Waals surface area (Å²) in [5.41, 5.74) is 2.05. The standard InChI is InChI=1S/C17H25NOS/c1-15-6-8-16(9-7-15)17(19)14-20-13-12-18-10-4-2-3-5-11-18/h6-9H,2-5,10-14H2,1H3. The molecule has 0 spiro atoms. The van der Waals surface area contributed by atoms with E-state index in [1.807, 2.05) is 31.2 Å². The van der Waals surface area contributed by atoms with Crippen molar-refractivity contribution >= 4 is 17.5 Å². The van der Waals surface area contributed by atoms with Gasteiger partial charge in [-0.3, -0.25) is 4.79 Å². The number of Topliss-reactive ketones (excluding diaryl/α,β-unsaturated/α-hetero) is 1. The molecule has 1 heterocycles. The average Bonchev–Trinajstić information content (AvgIpc) is 2.73. The first-order valence-corrected chi connectivity index (χ1v) is 8.81. The molecule has 0 aliphatic carbocycles. The molecule has 2 rings (SSSR count). The van der Waals surface area contributed by atoms with Crippen LogP contribution in [0.1, 0.15) is 41.6 Å². The van der Waals surface area contributed by atoms with Gasteiger partial charge in [0.1, 0.15) is 0 Å². The lowest BCUT2D eigenvalue weighted by Crippen LogP contribution is -2.27. The molecule has 0 aromatic heterocycles. The molecule has 1 aliphatic rings. The lowest BCUT2D eigenvalue weighted by molar-refractivity contribution is 0.102. The number of carbonyl (C=O) groups excluding carboxylic acids is 1. The Morgan fingerprint density at radius 1 is 1.10 bits per heavy atom. The first kappa shape index (κ1) is 15.6. The maximum atomic E-state index is 12.0. The van der Waals surface area contributed by atoms with Crippen LogP contribution in [0.3, 0.4) is 0 Å². The van der Waals surface area contributed by atoms with E-state index in [9.17, 15) is 4.79 Å². The molecule has 3 heteroatoms. The molecule has 20 heavy (non-hydrogen) atoms. The number of nitrogens with zero attached hydrogens (tertiary/aromatic N) is 1. The van der Waals surface area contributed by atoms with Crippen LogP contribution >= 0.6 is 11.8 Å². The number of carbonyl (C=O) groups is 1.